The lowest BCUT2D eigenvalue weighted by Crippen LogP contribution is -2.15. The van der Waals surface area contributed by atoms with Crippen molar-refractivity contribution < 1.29 is 28.6 Å². The predicted molar refractivity (Wildman–Crippen MR) is 102 cm³/mol. The average molecular weight is 394 g/mol. The molecule has 0 saturated carbocycles. The average Bonchev–Trinajstić information content (AvgIpc) is 2.59. The van der Waals surface area contributed by atoms with Crippen molar-refractivity contribution in [3.63, 3.8) is 0 Å². The van der Waals surface area contributed by atoms with Crippen LogP contribution in [-0.2, 0) is 4.57 Å². The molecular formula is C18H23N2O6P. The summed E-state index contributed by atoms with van der Waals surface area (Å²) < 4.78 is 22.5. The molecule has 8 nitrogen and oxygen atoms in total. The number of carbonyl (C=O) groups excluding carboxylic acids is 1. The predicted octanol–water partition coefficient (Wildman–Crippen LogP) is 2.71. The number of pyridine rings is 1. The molecule has 1 amide bonds. The minimum atomic E-state index is -4.38. The number of ether oxygens (including phenoxy) is 2. The molecule has 146 valence electrons. The summed E-state index contributed by atoms with van der Waals surface area (Å²) in [6, 6.07) is 7.46. The number of benzene rings is 1. The van der Waals surface area contributed by atoms with E-state index in [0.717, 1.165) is 12.6 Å². The number of amides is 1. The van der Waals surface area contributed by atoms with Crippen molar-refractivity contribution >= 4 is 24.6 Å². The zero-order chi connectivity index (χ0) is 20.0. The van der Waals surface area contributed by atoms with E-state index in [4.69, 9.17) is 19.3 Å². The maximum Gasteiger partial charge on any atom is 0.357 e. The van der Waals surface area contributed by atoms with Crippen molar-refractivity contribution in [3.05, 3.63) is 42.1 Å². The van der Waals surface area contributed by atoms with E-state index in [1.807, 2.05) is 20.8 Å². The van der Waals surface area contributed by atoms with Crippen LogP contribution < -0.4 is 20.1 Å². The highest BCUT2D eigenvalue weighted by molar-refractivity contribution is 7.60. The monoisotopic (exact) mass is 394 g/mol. The van der Waals surface area contributed by atoms with E-state index < -0.39 is 13.5 Å². The molecule has 0 spiro atoms. The van der Waals surface area contributed by atoms with Crippen LogP contribution in [0.2, 0.25) is 0 Å². The van der Waals surface area contributed by atoms with Gasteiger partial charge in [0.15, 0.2) is 0 Å². The first kappa shape index (κ1) is 20.9. The van der Waals surface area contributed by atoms with Crippen molar-refractivity contribution in [2.45, 2.75) is 33.3 Å². The summed E-state index contributed by atoms with van der Waals surface area (Å²) in [4.78, 5) is 34.6. The van der Waals surface area contributed by atoms with E-state index in [1.165, 1.54) is 12.1 Å². The van der Waals surface area contributed by atoms with Crippen molar-refractivity contribution in [2.75, 3.05) is 11.9 Å². The van der Waals surface area contributed by atoms with E-state index in [-0.39, 0.29) is 17.2 Å². The Labute approximate surface area is 157 Å². The number of hydrogen-bond donors (Lipinski definition) is 3. The second kappa shape index (κ2) is 8.99. The molecule has 0 bridgehead atoms. The number of hydrogen-bond acceptors (Lipinski definition) is 5. The number of carbonyl (C=O) groups is 1. The van der Waals surface area contributed by atoms with Crippen molar-refractivity contribution in [1.29, 1.82) is 0 Å². The number of anilines is 1. The molecule has 1 aromatic heterocycles. The summed E-state index contributed by atoms with van der Waals surface area (Å²) in [5, 5.41) is 2.37. The van der Waals surface area contributed by atoms with Gasteiger partial charge in [0.25, 0.3) is 5.91 Å². The summed E-state index contributed by atoms with van der Waals surface area (Å²) in [7, 11) is -4.38. The molecule has 0 unspecified atom stereocenters. The molecule has 0 aliphatic rings. The molecule has 2 rings (SSSR count). The molecule has 2 aromatic rings. The minimum absolute atomic E-state index is 0.0656. The fourth-order valence-electron chi connectivity index (χ4n) is 2.17. The lowest BCUT2D eigenvalue weighted by molar-refractivity contribution is 0.102. The third-order valence-electron chi connectivity index (χ3n) is 3.31. The number of nitrogens with one attached hydrogen (secondary N) is 1. The summed E-state index contributed by atoms with van der Waals surface area (Å²) >= 11 is 0. The van der Waals surface area contributed by atoms with Crippen molar-refractivity contribution in [1.82, 2.24) is 4.98 Å². The molecule has 1 heterocycles. The molecule has 1 aromatic carbocycles. The highest BCUT2D eigenvalue weighted by Crippen LogP contribution is 2.32. The smallest absolute Gasteiger partial charge is 0.357 e. The quantitative estimate of drug-likeness (QED) is 0.589. The van der Waals surface area contributed by atoms with Crippen LogP contribution in [0.5, 0.6) is 11.5 Å². The van der Waals surface area contributed by atoms with E-state index >= 15 is 0 Å². The maximum atomic E-state index is 12.5. The number of aromatic nitrogens is 1. The molecule has 0 aliphatic carbocycles. The Morgan fingerprint density at radius 3 is 2.48 bits per heavy atom. The van der Waals surface area contributed by atoms with Crippen LogP contribution >= 0.6 is 7.60 Å². The van der Waals surface area contributed by atoms with E-state index in [0.29, 0.717) is 23.7 Å². The number of rotatable bonds is 8. The molecular weight excluding hydrogens is 371 g/mol. The highest BCUT2D eigenvalue weighted by Gasteiger charge is 2.18. The zero-order valence-corrected chi connectivity index (χ0v) is 16.3. The van der Waals surface area contributed by atoms with Crippen molar-refractivity contribution in [2.24, 2.45) is 0 Å². The van der Waals surface area contributed by atoms with Crippen LogP contribution in [0.4, 0.5) is 5.82 Å². The third kappa shape index (κ3) is 6.36. The zero-order valence-electron chi connectivity index (χ0n) is 15.4. The van der Waals surface area contributed by atoms with Gasteiger partial charge in [-0.05, 0) is 44.5 Å². The second-order valence-electron chi connectivity index (χ2n) is 6.11. The van der Waals surface area contributed by atoms with Gasteiger partial charge in [0.2, 0.25) is 0 Å². The molecule has 0 aliphatic heterocycles. The first-order valence-corrected chi connectivity index (χ1v) is 10.1. The molecule has 0 fully saturated rings. The summed E-state index contributed by atoms with van der Waals surface area (Å²) in [5.41, 5.74) is 0.320. The highest BCUT2D eigenvalue weighted by atomic mass is 31.2. The summed E-state index contributed by atoms with van der Waals surface area (Å²) in [6.07, 6.45) is 1.79. The Morgan fingerprint density at radius 1 is 1.22 bits per heavy atom. The molecule has 0 radical (unpaired) electrons. The lowest BCUT2D eigenvalue weighted by Gasteiger charge is -2.14. The summed E-state index contributed by atoms with van der Waals surface area (Å²) in [5.74, 6) is 0.754. The van der Waals surface area contributed by atoms with Crippen LogP contribution in [0.15, 0.2) is 36.5 Å². The van der Waals surface area contributed by atoms with Gasteiger partial charge in [-0.15, -0.1) is 0 Å². The molecule has 3 N–H and O–H groups in total. The third-order valence-corrected chi connectivity index (χ3v) is 4.25. The van der Waals surface area contributed by atoms with Crippen LogP contribution in [-0.4, -0.2) is 33.4 Å². The van der Waals surface area contributed by atoms with E-state index in [2.05, 4.69) is 10.3 Å². The Hall–Kier alpha value is -2.41. The van der Waals surface area contributed by atoms with Gasteiger partial charge in [-0.25, -0.2) is 4.98 Å². The van der Waals surface area contributed by atoms with Crippen LogP contribution in [0.3, 0.4) is 0 Å². The lowest BCUT2D eigenvalue weighted by atomic mass is 10.2. The van der Waals surface area contributed by atoms with Gasteiger partial charge in [-0.1, -0.05) is 6.92 Å². The van der Waals surface area contributed by atoms with Crippen molar-refractivity contribution in [3.8, 4) is 11.5 Å². The Bertz CT molecular complexity index is 832. The van der Waals surface area contributed by atoms with Gasteiger partial charge in [0.1, 0.15) is 17.3 Å². The van der Waals surface area contributed by atoms with Gasteiger partial charge in [0, 0.05) is 17.8 Å². The first-order valence-electron chi connectivity index (χ1n) is 8.47. The van der Waals surface area contributed by atoms with E-state index in [1.54, 1.807) is 18.2 Å². The SMILES string of the molecule is CCCOc1cc(OC(C)C)cc(C(=O)Nc2ccc(P(=O)(O)O)cn2)c1. The number of nitrogens with zero attached hydrogens (tertiary/aromatic N) is 1. The van der Waals surface area contributed by atoms with Crippen LogP contribution in [0.1, 0.15) is 37.6 Å². The second-order valence-corrected chi connectivity index (χ2v) is 7.71. The fourth-order valence-corrected chi connectivity index (χ4v) is 2.64. The molecule has 9 heteroatoms. The standard InChI is InChI=1S/C18H23N2O6P/c1-4-7-25-14-8-13(9-15(10-14)26-12(2)3)18(21)20-17-6-5-16(11-19-17)27(22,23)24/h5-6,8-12H,4,7H2,1-3H3,(H,19,20,21)(H2,22,23,24). The minimum Gasteiger partial charge on any atom is -0.493 e. The van der Waals surface area contributed by atoms with Gasteiger partial charge >= 0.3 is 7.60 Å². The first-order chi connectivity index (χ1) is 12.7. The largest absolute Gasteiger partial charge is 0.493 e. The normalized spacial score (nSPS) is 11.3. The molecule has 0 saturated heterocycles. The van der Waals surface area contributed by atoms with Gasteiger partial charge < -0.3 is 24.6 Å². The van der Waals surface area contributed by atoms with Crippen LogP contribution in [0, 0.1) is 0 Å². The Morgan fingerprint density at radius 2 is 1.93 bits per heavy atom. The van der Waals surface area contributed by atoms with Crippen LogP contribution in [0.25, 0.3) is 0 Å². The topological polar surface area (TPSA) is 118 Å². The molecule has 0 atom stereocenters. The van der Waals surface area contributed by atoms with E-state index in [9.17, 15) is 9.36 Å². The Balaban J connectivity index is 2.21. The Kier molecular flexibility index (Phi) is 6.96. The summed E-state index contributed by atoms with van der Waals surface area (Å²) in [6.45, 7) is 6.25. The van der Waals surface area contributed by atoms with Gasteiger partial charge in [0.05, 0.1) is 18.0 Å². The fraction of sp³-hybridized carbons (Fsp3) is 0.333. The van der Waals surface area contributed by atoms with Gasteiger partial charge in [-0.3, -0.25) is 9.36 Å². The molecule has 27 heavy (non-hydrogen) atoms. The maximum absolute atomic E-state index is 12.5. The van der Waals surface area contributed by atoms with Gasteiger partial charge in [-0.2, -0.15) is 0 Å².